The van der Waals surface area contributed by atoms with Gasteiger partial charge in [-0.05, 0) is 32.1 Å². The van der Waals surface area contributed by atoms with E-state index in [2.05, 4.69) is 16.9 Å². The zero-order valence-corrected chi connectivity index (χ0v) is 14.2. The molecule has 1 saturated heterocycles. The van der Waals surface area contributed by atoms with Crippen LogP contribution in [0, 0.1) is 11.6 Å². The highest BCUT2D eigenvalue weighted by Crippen LogP contribution is 2.24. The van der Waals surface area contributed by atoms with Crippen LogP contribution in [-0.2, 0) is 11.2 Å². The molecule has 0 radical (unpaired) electrons. The Balaban J connectivity index is 1.59. The lowest BCUT2D eigenvalue weighted by Gasteiger charge is -2.20. The van der Waals surface area contributed by atoms with Crippen molar-refractivity contribution in [3.63, 3.8) is 0 Å². The number of rotatable bonds is 4. The molecule has 1 fully saturated rings. The van der Waals surface area contributed by atoms with Gasteiger partial charge in [-0.2, -0.15) is 0 Å². The molecule has 2 heterocycles. The summed E-state index contributed by atoms with van der Waals surface area (Å²) in [6.45, 7) is 3.36. The van der Waals surface area contributed by atoms with Crippen molar-refractivity contribution < 1.29 is 18.0 Å². The molecular formula is C18H21F2N3O2. The summed E-state index contributed by atoms with van der Waals surface area (Å²) >= 11 is 0. The van der Waals surface area contributed by atoms with Crippen LogP contribution in [0.1, 0.15) is 18.7 Å². The van der Waals surface area contributed by atoms with Gasteiger partial charge in [0.1, 0.15) is 11.6 Å². The molecule has 1 aromatic heterocycles. The lowest BCUT2D eigenvalue weighted by Crippen LogP contribution is -2.34. The second kappa shape index (κ2) is 7.74. The van der Waals surface area contributed by atoms with Gasteiger partial charge in [0.25, 0.3) is 0 Å². The molecule has 0 unspecified atom stereocenters. The van der Waals surface area contributed by atoms with E-state index in [4.69, 9.17) is 4.42 Å². The lowest BCUT2D eigenvalue weighted by atomic mass is 10.2. The van der Waals surface area contributed by atoms with Crippen molar-refractivity contribution in [3.8, 4) is 11.3 Å². The summed E-state index contributed by atoms with van der Waals surface area (Å²) in [5.41, 5.74) is 0.155. The maximum Gasteiger partial charge on any atom is 0.223 e. The molecular weight excluding hydrogens is 328 g/mol. The minimum atomic E-state index is -0.701. The van der Waals surface area contributed by atoms with E-state index in [1.807, 2.05) is 4.90 Å². The smallest absolute Gasteiger partial charge is 0.223 e. The molecule has 3 rings (SSSR count). The van der Waals surface area contributed by atoms with Gasteiger partial charge in [-0.15, -0.1) is 0 Å². The number of aryl methyl sites for hydroxylation is 1. The summed E-state index contributed by atoms with van der Waals surface area (Å²) in [6.07, 6.45) is 3.02. The van der Waals surface area contributed by atoms with Crippen LogP contribution < -0.4 is 0 Å². The van der Waals surface area contributed by atoms with Crippen LogP contribution in [-0.4, -0.2) is 53.9 Å². The van der Waals surface area contributed by atoms with Gasteiger partial charge in [0.2, 0.25) is 5.91 Å². The van der Waals surface area contributed by atoms with Crippen molar-refractivity contribution >= 4 is 5.91 Å². The molecule has 5 nitrogen and oxygen atoms in total. The van der Waals surface area contributed by atoms with Crippen molar-refractivity contribution in [1.82, 2.24) is 14.8 Å². The quantitative estimate of drug-likeness (QED) is 0.852. The molecule has 0 N–H and O–H groups in total. The van der Waals surface area contributed by atoms with Gasteiger partial charge in [-0.25, -0.2) is 13.8 Å². The van der Waals surface area contributed by atoms with Crippen molar-refractivity contribution in [2.45, 2.75) is 19.3 Å². The Morgan fingerprint density at radius 3 is 2.88 bits per heavy atom. The molecule has 0 saturated carbocycles. The number of benzene rings is 1. The summed E-state index contributed by atoms with van der Waals surface area (Å²) in [5, 5.41) is 0. The van der Waals surface area contributed by atoms with Gasteiger partial charge in [0.05, 0.1) is 11.8 Å². The van der Waals surface area contributed by atoms with E-state index in [9.17, 15) is 13.6 Å². The minimum absolute atomic E-state index is 0.0722. The Morgan fingerprint density at radius 1 is 1.24 bits per heavy atom. The highest BCUT2D eigenvalue weighted by atomic mass is 19.1. The van der Waals surface area contributed by atoms with Gasteiger partial charge < -0.3 is 14.2 Å². The zero-order valence-electron chi connectivity index (χ0n) is 14.2. The number of hydrogen-bond donors (Lipinski definition) is 0. The van der Waals surface area contributed by atoms with Gasteiger partial charge in [-0.3, -0.25) is 4.79 Å². The average Bonchev–Trinajstić information content (AvgIpc) is 2.93. The van der Waals surface area contributed by atoms with Crippen LogP contribution in [0.5, 0.6) is 0 Å². The van der Waals surface area contributed by atoms with E-state index in [0.29, 0.717) is 18.7 Å². The fourth-order valence-electron chi connectivity index (χ4n) is 2.91. The summed E-state index contributed by atoms with van der Waals surface area (Å²) in [4.78, 5) is 20.5. The summed E-state index contributed by atoms with van der Waals surface area (Å²) < 4.78 is 32.3. The molecule has 1 aromatic carbocycles. The van der Waals surface area contributed by atoms with Crippen molar-refractivity contribution in [2.75, 3.05) is 33.2 Å². The predicted octanol–water partition coefficient (Wildman–Crippen LogP) is 2.72. The Bertz CT molecular complexity index is 748. The predicted molar refractivity (Wildman–Crippen MR) is 88.9 cm³/mol. The van der Waals surface area contributed by atoms with E-state index in [-0.39, 0.29) is 17.2 Å². The van der Waals surface area contributed by atoms with Crippen molar-refractivity contribution in [2.24, 2.45) is 0 Å². The van der Waals surface area contributed by atoms with Crippen molar-refractivity contribution in [3.05, 3.63) is 41.9 Å². The molecule has 2 aromatic rings. The standard InChI is InChI=1S/C18H21F2N3O2/c1-22-7-2-8-23(10-9-22)18(24)6-5-17-21-12-16(25-17)14-4-3-13(19)11-15(14)20/h3-4,11-12H,2,5-10H2,1H3. The monoisotopic (exact) mass is 349 g/mol. The lowest BCUT2D eigenvalue weighted by molar-refractivity contribution is -0.131. The first-order valence-electron chi connectivity index (χ1n) is 8.39. The molecule has 7 heteroatoms. The van der Waals surface area contributed by atoms with E-state index >= 15 is 0 Å². The van der Waals surface area contributed by atoms with Crippen LogP contribution in [0.4, 0.5) is 8.78 Å². The molecule has 0 aliphatic carbocycles. The van der Waals surface area contributed by atoms with Crippen LogP contribution in [0.15, 0.2) is 28.8 Å². The molecule has 134 valence electrons. The fourth-order valence-corrected chi connectivity index (χ4v) is 2.91. The second-order valence-corrected chi connectivity index (χ2v) is 6.28. The van der Waals surface area contributed by atoms with Gasteiger partial charge >= 0.3 is 0 Å². The normalized spacial score (nSPS) is 16.0. The summed E-state index contributed by atoms with van der Waals surface area (Å²) in [7, 11) is 2.05. The number of aromatic nitrogens is 1. The molecule has 0 atom stereocenters. The largest absolute Gasteiger partial charge is 0.441 e. The topological polar surface area (TPSA) is 49.6 Å². The summed E-state index contributed by atoms with van der Waals surface area (Å²) in [5.74, 6) is -0.666. The number of hydrogen-bond acceptors (Lipinski definition) is 4. The number of likely N-dealkylation sites (N-methyl/N-ethyl adjacent to an activating group) is 1. The Labute approximate surface area is 145 Å². The number of nitrogens with zero attached hydrogens (tertiary/aromatic N) is 3. The molecule has 0 spiro atoms. The maximum absolute atomic E-state index is 13.8. The summed E-state index contributed by atoms with van der Waals surface area (Å²) in [6, 6.07) is 3.28. The fraction of sp³-hybridized carbons (Fsp3) is 0.444. The Morgan fingerprint density at radius 2 is 2.08 bits per heavy atom. The van der Waals surface area contributed by atoms with E-state index in [1.54, 1.807) is 0 Å². The third-order valence-electron chi connectivity index (χ3n) is 4.38. The van der Waals surface area contributed by atoms with Crippen LogP contribution in [0.2, 0.25) is 0 Å². The second-order valence-electron chi connectivity index (χ2n) is 6.28. The average molecular weight is 349 g/mol. The molecule has 1 amide bonds. The van der Waals surface area contributed by atoms with Gasteiger partial charge in [-0.1, -0.05) is 0 Å². The maximum atomic E-state index is 13.8. The van der Waals surface area contributed by atoms with Crippen molar-refractivity contribution in [1.29, 1.82) is 0 Å². The third kappa shape index (κ3) is 4.42. The van der Waals surface area contributed by atoms with Crippen LogP contribution in [0.3, 0.4) is 0 Å². The minimum Gasteiger partial charge on any atom is -0.441 e. The highest BCUT2D eigenvalue weighted by Gasteiger charge is 2.18. The van der Waals surface area contributed by atoms with E-state index in [1.165, 1.54) is 18.3 Å². The Kier molecular flexibility index (Phi) is 5.43. The van der Waals surface area contributed by atoms with Gasteiger partial charge in [0.15, 0.2) is 11.7 Å². The SMILES string of the molecule is CN1CCCN(C(=O)CCc2ncc(-c3ccc(F)cc3F)o2)CC1. The van der Waals surface area contributed by atoms with E-state index in [0.717, 1.165) is 38.7 Å². The third-order valence-corrected chi connectivity index (χ3v) is 4.38. The number of oxazole rings is 1. The highest BCUT2D eigenvalue weighted by molar-refractivity contribution is 5.76. The van der Waals surface area contributed by atoms with Gasteiger partial charge in [0, 0.05) is 38.5 Å². The first-order chi connectivity index (χ1) is 12.0. The number of halogens is 2. The Hall–Kier alpha value is -2.28. The number of amides is 1. The first-order valence-corrected chi connectivity index (χ1v) is 8.39. The molecule has 1 aliphatic rings. The number of carbonyl (C=O) groups is 1. The molecule has 0 bridgehead atoms. The number of carbonyl (C=O) groups excluding carboxylic acids is 1. The van der Waals surface area contributed by atoms with Crippen LogP contribution in [0.25, 0.3) is 11.3 Å². The first kappa shape index (κ1) is 17.5. The molecule has 25 heavy (non-hydrogen) atoms. The van der Waals surface area contributed by atoms with E-state index < -0.39 is 11.6 Å². The molecule has 1 aliphatic heterocycles. The van der Waals surface area contributed by atoms with Crippen LogP contribution >= 0.6 is 0 Å². The zero-order chi connectivity index (χ0) is 17.8.